The summed E-state index contributed by atoms with van der Waals surface area (Å²) in [6, 6.07) is -1.89. The zero-order valence-electron chi connectivity index (χ0n) is 61.4. The van der Waals surface area contributed by atoms with Crippen LogP contribution in [0.25, 0.3) is 0 Å². The fraction of sp³-hybridized carbons (Fsp3) is 0.950. The summed E-state index contributed by atoms with van der Waals surface area (Å²) in [7, 11) is 0. The maximum Gasteiger partial charge on any atom is 0.249 e. The highest BCUT2D eigenvalue weighted by Crippen LogP contribution is 2.20. The SMILES string of the molecule is CCCCCCCCCCCCCCCCCCCCC(O)C(=O)NC(CO)C(O)/C=C/C(O)CCCCCCCCCCCC.CCCCCCCCCCCCCCCCCCCCC(O)C(=O)NC(CO)C(O)C(O)CCCCCCCCCCCCCC. The van der Waals surface area contributed by atoms with Gasteiger partial charge in [-0.15, -0.1) is 0 Å². The summed E-state index contributed by atoms with van der Waals surface area (Å²) >= 11 is 0. The Morgan fingerprint density at radius 2 is 0.478 bits per heavy atom. The summed E-state index contributed by atoms with van der Waals surface area (Å²) in [5.41, 5.74) is 0. The predicted octanol–water partition coefficient (Wildman–Crippen LogP) is 19.9. The first kappa shape index (κ1) is 92.4. The summed E-state index contributed by atoms with van der Waals surface area (Å²) in [4.78, 5) is 24.9. The molecule has 0 bridgehead atoms. The lowest BCUT2D eigenvalue weighted by molar-refractivity contribution is -0.133. The number of rotatable bonds is 73. The van der Waals surface area contributed by atoms with Crippen molar-refractivity contribution >= 4 is 11.8 Å². The lowest BCUT2D eigenvalue weighted by Crippen LogP contribution is -2.53. The van der Waals surface area contributed by atoms with Gasteiger partial charge in [-0.3, -0.25) is 9.59 Å². The van der Waals surface area contributed by atoms with Crippen LogP contribution in [-0.4, -0.2) is 115 Å². The summed E-state index contributed by atoms with van der Waals surface area (Å²) in [5, 5.41) is 86.7. The van der Waals surface area contributed by atoms with Gasteiger partial charge in [0.25, 0.3) is 0 Å². The topological polar surface area (TPSA) is 220 Å². The van der Waals surface area contributed by atoms with E-state index in [-0.39, 0.29) is 0 Å². The number of unbranched alkanes of at least 4 members (excludes halogenated alkanes) is 54. The maximum atomic E-state index is 12.5. The van der Waals surface area contributed by atoms with Gasteiger partial charge >= 0.3 is 0 Å². The molecule has 12 nitrogen and oxygen atoms in total. The second-order valence-corrected chi connectivity index (χ2v) is 28.4. The van der Waals surface area contributed by atoms with Crippen LogP contribution in [0.15, 0.2) is 12.2 Å². The fourth-order valence-corrected chi connectivity index (χ4v) is 12.7. The van der Waals surface area contributed by atoms with Gasteiger partial charge in [-0.25, -0.2) is 0 Å². The van der Waals surface area contributed by atoms with Crippen molar-refractivity contribution in [1.82, 2.24) is 10.6 Å². The third-order valence-corrected chi connectivity index (χ3v) is 19.3. The minimum atomic E-state index is -1.25. The van der Waals surface area contributed by atoms with Crippen molar-refractivity contribution in [3.8, 4) is 0 Å². The van der Waals surface area contributed by atoms with Gasteiger partial charge in [0.05, 0.1) is 43.6 Å². The number of nitrogens with one attached hydrogen (secondary N) is 2. The number of amides is 2. The minimum absolute atomic E-state index is 0.375. The first-order chi connectivity index (χ1) is 44.9. The van der Waals surface area contributed by atoms with E-state index in [1.165, 1.54) is 308 Å². The molecule has 12 heteroatoms. The molecule has 0 saturated heterocycles. The molecular formula is C80H160N2O10. The number of aliphatic hydroxyl groups is 8. The molecule has 10 N–H and O–H groups in total. The molecular weight excluding hydrogens is 1150 g/mol. The Morgan fingerprint density at radius 1 is 0.272 bits per heavy atom. The smallest absolute Gasteiger partial charge is 0.249 e. The number of hydrogen-bond acceptors (Lipinski definition) is 10. The first-order valence-electron chi connectivity index (χ1n) is 40.5. The van der Waals surface area contributed by atoms with Gasteiger partial charge in [-0.05, 0) is 25.7 Å². The third kappa shape index (κ3) is 65.6. The van der Waals surface area contributed by atoms with E-state index >= 15 is 0 Å². The molecule has 0 heterocycles. The molecule has 2 amide bonds. The molecule has 0 aromatic rings. The Kier molecular flexibility index (Phi) is 75.5. The molecule has 0 aliphatic carbocycles. The van der Waals surface area contributed by atoms with E-state index in [0.717, 1.165) is 70.6 Å². The van der Waals surface area contributed by atoms with Crippen LogP contribution in [0.3, 0.4) is 0 Å². The molecule has 8 atom stereocenters. The summed E-state index contributed by atoms with van der Waals surface area (Å²) in [6.45, 7) is 8.11. The van der Waals surface area contributed by atoms with Gasteiger partial charge in [0.2, 0.25) is 11.8 Å². The Balaban J connectivity index is 0. The predicted molar refractivity (Wildman–Crippen MR) is 392 cm³/mol. The maximum absolute atomic E-state index is 12.5. The van der Waals surface area contributed by atoms with Crippen LogP contribution in [0.4, 0.5) is 0 Å². The van der Waals surface area contributed by atoms with Gasteiger partial charge in [-0.2, -0.15) is 0 Å². The molecule has 0 radical (unpaired) electrons. The van der Waals surface area contributed by atoms with Crippen molar-refractivity contribution < 1.29 is 50.4 Å². The molecule has 0 fully saturated rings. The molecule has 92 heavy (non-hydrogen) atoms. The molecule has 550 valence electrons. The van der Waals surface area contributed by atoms with Crippen molar-refractivity contribution in [1.29, 1.82) is 0 Å². The normalized spacial score (nSPS) is 14.4. The van der Waals surface area contributed by atoms with Gasteiger partial charge in [0.1, 0.15) is 18.3 Å². The second-order valence-electron chi connectivity index (χ2n) is 28.4. The van der Waals surface area contributed by atoms with E-state index in [9.17, 15) is 50.4 Å². The van der Waals surface area contributed by atoms with Crippen LogP contribution in [0.2, 0.25) is 0 Å². The molecule has 0 aromatic heterocycles. The van der Waals surface area contributed by atoms with Gasteiger partial charge in [0, 0.05) is 0 Å². The van der Waals surface area contributed by atoms with Crippen molar-refractivity contribution in [3.05, 3.63) is 12.2 Å². The number of aliphatic hydroxyl groups excluding tert-OH is 8. The monoisotopic (exact) mass is 1310 g/mol. The van der Waals surface area contributed by atoms with E-state index in [1.807, 2.05) is 0 Å². The molecule has 0 spiro atoms. The van der Waals surface area contributed by atoms with Crippen molar-refractivity contribution in [2.75, 3.05) is 13.2 Å². The van der Waals surface area contributed by atoms with Gasteiger partial charge < -0.3 is 51.5 Å². The van der Waals surface area contributed by atoms with Crippen LogP contribution in [-0.2, 0) is 9.59 Å². The van der Waals surface area contributed by atoms with Crippen molar-refractivity contribution in [2.45, 2.75) is 474 Å². The van der Waals surface area contributed by atoms with E-state index in [0.29, 0.717) is 25.7 Å². The lowest BCUT2D eigenvalue weighted by Gasteiger charge is -2.27. The quantitative estimate of drug-likeness (QED) is 0.0205. The molecule has 0 rings (SSSR count). The lowest BCUT2D eigenvalue weighted by atomic mass is 9.99. The Morgan fingerprint density at radius 3 is 0.717 bits per heavy atom. The van der Waals surface area contributed by atoms with E-state index in [2.05, 4.69) is 38.3 Å². The number of carbonyl (C=O) groups is 2. The van der Waals surface area contributed by atoms with Gasteiger partial charge in [-0.1, -0.05) is 412 Å². The fourth-order valence-electron chi connectivity index (χ4n) is 12.7. The highest BCUT2D eigenvalue weighted by molar-refractivity contribution is 5.81. The van der Waals surface area contributed by atoms with Crippen molar-refractivity contribution in [3.63, 3.8) is 0 Å². The van der Waals surface area contributed by atoms with Crippen LogP contribution < -0.4 is 10.6 Å². The van der Waals surface area contributed by atoms with Crippen LogP contribution >= 0.6 is 0 Å². The van der Waals surface area contributed by atoms with Gasteiger partial charge in [0.15, 0.2) is 0 Å². The zero-order chi connectivity index (χ0) is 67.9. The molecule has 0 aliphatic rings. The second kappa shape index (κ2) is 75.1. The van der Waals surface area contributed by atoms with E-state index in [1.54, 1.807) is 6.08 Å². The van der Waals surface area contributed by atoms with Crippen LogP contribution in [0.1, 0.15) is 426 Å². The standard InChI is InChI=1S/C40H79NO5.C40H81NO5/c1-3-5-7-9-11-13-15-16-17-18-19-20-21-22-24-26-28-30-32-39(45)40(46)41-37(35-42)38(44)34-33-36(43)31-29-27-25-23-14-12-10-8-6-4-2;1-3-5-7-9-11-13-15-17-18-19-20-21-22-24-26-28-30-32-34-38(44)40(46)41-36(35-42)39(45)37(43)33-31-29-27-25-23-16-14-12-10-8-6-4-2/h33-34,36-39,42-45H,3-32,35H2,1-2H3,(H,41,46);36-39,42-45H,3-35H2,1-2H3,(H,41,46)/b34-33+;. The third-order valence-electron chi connectivity index (χ3n) is 19.3. The average Bonchev–Trinajstić information content (AvgIpc) is 3.76. The summed E-state index contributed by atoms with van der Waals surface area (Å²) < 4.78 is 0. The Hall–Kier alpha value is -1.64. The minimum Gasteiger partial charge on any atom is -0.394 e. The highest BCUT2D eigenvalue weighted by atomic mass is 16.3. The Labute approximate surface area is 570 Å². The van der Waals surface area contributed by atoms with E-state index in [4.69, 9.17) is 0 Å². The Bertz CT molecular complexity index is 1490. The number of hydrogen-bond donors (Lipinski definition) is 10. The molecule has 8 unspecified atom stereocenters. The first-order valence-corrected chi connectivity index (χ1v) is 40.5. The molecule has 0 aliphatic heterocycles. The van der Waals surface area contributed by atoms with Crippen LogP contribution in [0.5, 0.6) is 0 Å². The average molecular weight is 1310 g/mol. The van der Waals surface area contributed by atoms with Crippen molar-refractivity contribution in [2.24, 2.45) is 0 Å². The summed E-state index contributed by atoms with van der Waals surface area (Å²) in [5.74, 6) is -1.15. The zero-order valence-corrected chi connectivity index (χ0v) is 61.4. The largest absolute Gasteiger partial charge is 0.394 e. The highest BCUT2D eigenvalue weighted by Gasteiger charge is 2.29. The number of carbonyl (C=O) groups excluding carboxylic acids is 2. The molecule has 0 saturated carbocycles. The van der Waals surface area contributed by atoms with E-state index < -0.39 is 73.7 Å². The van der Waals surface area contributed by atoms with Crippen LogP contribution in [0, 0.1) is 0 Å². The summed E-state index contributed by atoms with van der Waals surface area (Å²) in [6.07, 6.45) is 72.3. The molecule has 0 aromatic carbocycles.